The summed E-state index contributed by atoms with van der Waals surface area (Å²) in [6.07, 6.45) is 0. The maximum atomic E-state index is 5.21. The largest absolute Gasteiger partial charge is 0.310 e. The number of anilines is 3. The Morgan fingerprint density at radius 1 is 0.390 bits per heavy atom. The number of thiophene rings is 1. The summed E-state index contributed by atoms with van der Waals surface area (Å²) in [6.45, 7) is 0. The predicted molar refractivity (Wildman–Crippen MR) is 250 cm³/mol. The van der Waals surface area contributed by atoms with Gasteiger partial charge >= 0.3 is 0 Å². The van der Waals surface area contributed by atoms with Gasteiger partial charge in [-0.3, -0.25) is 0 Å². The van der Waals surface area contributed by atoms with Crippen molar-refractivity contribution in [1.29, 1.82) is 0 Å². The van der Waals surface area contributed by atoms with Crippen molar-refractivity contribution in [3.63, 3.8) is 0 Å². The van der Waals surface area contributed by atoms with E-state index in [-0.39, 0.29) is 0 Å². The molecule has 12 rings (SSSR count). The molecule has 0 unspecified atom stereocenters. The van der Waals surface area contributed by atoms with E-state index >= 15 is 0 Å². The fourth-order valence-electron chi connectivity index (χ4n) is 9.81. The quantitative estimate of drug-likeness (QED) is 0.162. The Morgan fingerprint density at radius 2 is 0.932 bits per heavy atom. The topological polar surface area (TPSA) is 16.1 Å². The summed E-state index contributed by atoms with van der Waals surface area (Å²) in [7, 11) is 0. The van der Waals surface area contributed by atoms with Gasteiger partial charge in [-0.05, 0) is 63.7 Å². The zero-order valence-electron chi connectivity index (χ0n) is 32.1. The van der Waals surface area contributed by atoms with Crippen LogP contribution in [0.25, 0.3) is 64.2 Å². The smallest absolute Gasteiger partial charge is 0.0788 e. The summed E-state index contributed by atoms with van der Waals surface area (Å²) in [6, 6.07) is 79.7. The monoisotopic (exact) mass is 768 g/mol. The Hall–Kier alpha value is -7.33. The van der Waals surface area contributed by atoms with E-state index in [9.17, 15) is 0 Å². The van der Waals surface area contributed by atoms with E-state index in [4.69, 9.17) is 4.98 Å². The number of hydrogen-bond acceptors (Lipinski definition) is 3. The number of nitrogens with zero attached hydrogens (tertiary/aromatic N) is 2. The van der Waals surface area contributed by atoms with Gasteiger partial charge in [-0.1, -0.05) is 188 Å². The highest BCUT2D eigenvalue weighted by molar-refractivity contribution is 7.27. The second kappa shape index (κ2) is 13.4. The molecule has 0 radical (unpaired) electrons. The molecule has 0 fully saturated rings. The number of aromatic nitrogens is 1. The number of fused-ring (bicyclic) bond motifs is 9. The van der Waals surface area contributed by atoms with Crippen LogP contribution in [0, 0.1) is 0 Å². The third kappa shape index (κ3) is 5.02. The predicted octanol–water partition coefficient (Wildman–Crippen LogP) is 15.3. The molecule has 0 saturated heterocycles. The Labute approximate surface area is 346 Å². The van der Waals surface area contributed by atoms with Crippen LogP contribution in [0.5, 0.6) is 0 Å². The molecule has 276 valence electrons. The van der Waals surface area contributed by atoms with Crippen molar-refractivity contribution < 1.29 is 0 Å². The fraction of sp³-hybridized carbons (Fsp3) is 0.0179. The van der Waals surface area contributed by atoms with E-state index in [2.05, 4.69) is 223 Å². The first kappa shape index (κ1) is 33.8. The summed E-state index contributed by atoms with van der Waals surface area (Å²) in [5.41, 5.74) is 13.7. The van der Waals surface area contributed by atoms with E-state index in [1.54, 1.807) is 0 Å². The lowest BCUT2D eigenvalue weighted by molar-refractivity contribution is 0.731. The molecule has 0 bridgehead atoms. The first-order valence-electron chi connectivity index (χ1n) is 20.2. The molecule has 0 atom stereocenters. The Morgan fingerprint density at radius 3 is 1.61 bits per heavy atom. The molecule has 3 heterocycles. The minimum atomic E-state index is -0.490. The number of hydrogen-bond donors (Lipinski definition) is 0. The first-order chi connectivity index (χ1) is 29.3. The van der Waals surface area contributed by atoms with Crippen LogP contribution < -0.4 is 4.90 Å². The Kier molecular flexibility index (Phi) is 7.66. The third-order valence-electron chi connectivity index (χ3n) is 12.3. The van der Waals surface area contributed by atoms with Crippen molar-refractivity contribution >= 4 is 70.2 Å². The lowest BCUT2D eigenvalue weighted by Crippen LogP contribution is -2.37. The van der Waals surface area contributed by atoms with Crippen LogP contribution in [0.1, 0.15) is 22.3 Å². The molecule has 0 N–H and O–H groups in total. The van der Waals surface area contributed by atoms with Crippen LogP contribution in [0.15, 0.2) is 218 Å². The van der Waals surface area contributed by atoms with E-state index in [0.29, 0.717) is 0 Å². The first-order valence-corrected chi connectivity index (χ1v) is 21.0. The van der Waals surface area contributed by atoms with Crippen LogP contribution in [0.2, 0.25) is 0 Å². The van der Waals surface area contributed by atoms with Gasteiger partial charge in [0.2, 0.25) is 0 Å². The van der Waals surface area contributed by atoms with Gasteiger partial charge in [-0.15, -0.1) is 11.3 Å². The summed E-state index contributed by atoms with van der Waals surface area (Å²) in [5, 5.41) is 6.22. The molecule has 1 aliphatic rings. The molecule has 11 aromatic rings. The van der Waals surface area contributed by atoms with E-state index in [1.165, 1.54) is 81.1 Å². The van der Waals surface area contributed by atoms with Crippen molar-refractivity contribution in [3.8, 4) is 22.4 Å². The highest BCUT2D eigenvalue weighted by Crippen LogP contribution is 2.57. The molecule has 0 aliphatic carbocycles. The number of rotatable bonds is 5. The van der Waals surface area contributed by atoms with Gasteiger partial charge in [0, 0.05) is 47.6 Å². The molecule has 2 nitrogen and oxygen atoms in total. The van der Waals surface area contributed by atoms with Crippen molar-refractivity contribution in [2.75, 3.05) is 4.90 Å². The van der Waals surface area contributed by atoms with Gasteiger partial charge in [0.15, 0.2) is 0 Å². The minimum absolute atomic E-state index is 0.490. The number of pyridine rings is 1. The fourth-order valence-corrected chi connectivity index (χ4v) is 11.2. The molecule has 0 spiro atoms. The Balaban J connectivity index is 1.02. The number of benzene rings is 9. The van der Waals surface area contributed by atoms with Crippen LogP contribution in [-0.4, -0.2) is 4.98 Å². The Bertz CT molecular complexity index is 3280. The van der Waals surface area contributed by atoms with Gasteiger partial charge < -0.3 is 4.90 Å². The van der Waals surface area contributed by atoms with Crippen LogP contribution >= 0.6 is 11.3 Å². The average Bonchev–Trinajstić information content (AvgIpc) is 3.71. The summed E-state index contributed by atoms with van der Waals surface area (Å²) in [4.78, 5) is 7.67. The van der Waals surface area contributed by atoms with Crippen molar-refractivity contribution in [2.24, 2.45) is 0 Å². The third-order valence-corrected chi connectivity index (χ3v) is 13.6. The average molecular weight is 769 g/mol. The zero-order valence-corrected chi connectivity index (χ0v) is 32.9. The molecule has 0 saturated carbocycles. The van der Waals surface area contributed by atoms with E-state index in [0.717, 1.165) is 22.5 Å². The van der Waals surface area contributed by atoms with Gasteiger partial charge in [0.05, 0.1) is 28.0 Å². The maximum absolute atomic E-state index is 5.21. The minimum Gasteiger partial charge on any atom is -0.310 e. The summed E-state index contributed by atoms with van der Waals surface area (Å²) >= 11 is 1.90. The zero-order chi connectivity index (χ0) is 38.9. The van der Waals surface area contributed by atoms with Gasteiger partial charge in [0.1, 0.15) is 0 Å². The van der Waals surface area contributed by atoms with E-state index in [1.807, 2.05) is 11.3 Å². The van der Waals surface area contributed by atoms with Crippen molar-refractivity contribution in [1.82, 2.24) is 4.98 Å². The van der Waals surface area contributed by atoms with Gasteiger partial charge in [-0.25, -0.2) is 4.98 Å². The molecular formula is C56H36N2S. The van der Waals surface area contributed by atoms with Crippen LogP contribution in [0.3, 0.4) is 0 Å². The molecule has 3 heteroatoms. The molecule has 1 aliphatic heterocycles. The highest BCUT2D eigenvalue weighted by Gasteiger charge is 2.46. The second-order valence-corrected chi connectivity index (χ2v) is 16.4. The lowest BCUT2D eigenvalue weighted by Gasteiger charge is -2.46. The lowest BCUT2D eigenvalue weighted by atomic mass is 9.62. The number of para-hydroxylation sites is 3. The molecule has 0 amide bonds. The highest BCUT2D eigenvalue weighted by atomic mass is 32.1. The van der Waals surface area contributed by atoms with E-state index < -0.39 is 5.41 Å². The SMILES string of the molecule is c1ccc(-c2nc3ccccc3c3c2ccc2c4cccc(-c5ccc(N6c7ccccc7C(c7ccccc7)(c7ccccc7)c7ccccc76)cc5)c4sc23)cc1. The van der Waals surface area contributed by atoms with Crippen LogP contribution in [0.4, 0.5) is 17.1 Å². The summed E-state index contributed by atoms with van der Waals surface area (Å²) in [5.74, 6) is 0. The maximum Gasteiger partial charge on any atom is 0.0788 e. The van der Waals surface area contributed by atoms with Gasteiger partial charge in [-0.2, -0.15) is 0 Å². The van der Waals surface area contributed by atoms with Crippen molar-refractivity contribution in [2.45, 2.75) is 5.41 Å². The van der Waals surface area contributed by atoms with Crippen molar-refractivity contribution in [3.05, 3.63) is 241 Å². The molecule has 2 aromatic heterocycles. The van der Waals surface area contributed by atoms with Crippen LogP contribution in [-0.2, 0) is 5.41 Å². The normalized spacial score (nSPS) is 13.2. The molecular weight excluding hydrogens is 733 g/mol. The van der Waals surface area contributed by atoms with Gasteiger partial charge in [0.25, 0.3) is 0 Å². The second-order valence-electron chi connectivity index (χ2n) is 15.4. The summed E-state index contributed by atoms with van der Waals surface area (Å²) < 4.78 is 2.60. The molecule has 59 heavy (non-hydrogen) atoms. The standard InChI is InChI=1S/C56H36N2S/c1-4-17-38(18-5-1)53-46-36-35-44-43-25-16-24-42(54(43)59-55(44)52(46)45-23-10-13-28-49(45)57-53)37-31-33-41(34-32-37)58-50-29-14-11-26-47(50)56(39-19-6-2-7-20-39,40-21-8-3-9-22-40)48-27-12-15-30-51(48)58/h1-36H. The molecule has 9 aromatic carbocycles.